The summed E-state index contributed by atoms with van der Waals surface area (Å²) in [6, 6.07) is 5.98. The highest BCUT2D eigenvalue weighted by atomic mass is 32.2. The molecule has 1 aliphatic heterocycles. The largest absolute Gasteiger partial charge is 0.490 e. The van der Waals surface area contributed by atoms with Gasteiger partial charge in [0.25, 0.3) is 11.8 Å². The molecule has 1 saturated carbocycles. The van der Waals surface area contributed by atoms with Crippen molar-refractivity contribution in [1.29, 1.82) is 0 Å². The molecule has 0 atom stereocenters. The summed E-state index contributed by atoms with van der Waals surface area (Å²) in [6.45, 7) is 10.3. The Bertz CT molecular complexity index is 912. The summed E-state index contributed by atoms with van der Waals surface area (Å²) in [7, 11) is 0. The summed E-state index contributed by atoms with van der Waals surface area (Å²) in [5.41, 5.74) is 0.822. The maximum atomic E-state index is 12.6. The number of amidine groups is 1. The lowest BCUT2D eigenvalue weighted by Crippen LogP contribution is -2.44. The zero-order valence-corrected chi connectivity index (χ0v) is 21.0. The number of hydrogen-bond donors (Lipinski definition) is 1. The van der Waals surface area contributed by atoms with E-state index in [0.29, 0.717) is 34.2 Å². The topological polar surface area (TPSA) is 80.2 Å². The molecule has 8 heteroatoms. The van der Waals surface area contributed by atoms with Crippen molar-refractivity contribution in [3.05, 3.63) is 28.7 Å². The van der Waals surface area contributed by atoms with E-state index in [0.717, 1.165) is 18.4 Å². The lowest BCUT2D eigenvalue weighted by molar-refractivity contribution is -0.137. The van der Waals surface area contributed by atoms with Crippen LogP contribution in [0.5, 0.6) is 11.5 Å². The van der Waals surface area contributed by atoms with Crippen molar-refractivity contribution in [2.45, 2.75) is 78.4 Å². The SMILES string of the molecule is CCOc1cc(/C=C2/SC(=NC3CCCC3)NC2=O)ccc1OCC(=O)N(C(C)C)C(C)C. The van der Waals surface area contributed by atoms with Crippen LogP contribution >= 0.6 is 11.8 Å². The molecule has 2 fully saturated rings. The number of nitrogens with one attached hydrogen (secondary N) is 1. The highest BCUT2D eigenvalue weighted by molar-refractivity contribution is 8.18. The molecular weight excluding hydrogens is 438 g/mol. The molecule has 0 spiro atoms. The monoisotopic (exact) mass is 473 g/mol. The van der Waals surface area contributed by atoms with E-state index in [4.69, 9.17) is 9.47 Å². The summed E-state index contributed by atoms with van der Waals surface area (Å²) in [5, 5.41) is 3.55. The van der Waals surface area contributed by atoms with E-state index < -0.39 is 0 Å². The predicted molar refractivity (Wildman–Crippen MR) is 134 cm³/mol. The summed E-state index contributed by atoms with van der Waals surface area (Å²) in [5.74, 6) is 0.847. The van der Waals surface area contributed by atoms with Crippen LogP contribution < -0.4 is 14.8 Å². The summed E-state index contributed by atoms with van der Waals surface area (Å²) < 4.78 is 11.6. The molecule has 0 bridgehead atoms. The van der Waals surface area contributed by atoms with Crippen LogP contribution in [0, 0.1) is 0 Å². The Kier molecular flexibility index (Phi) is 8.83. The Balaban J connectivity index is 1.71. The maximum Gasteiger partial charge on any atom is 0.264 e. The predicted octanol–water partition coefficient (Wildman–Crippen LogP) is 4.61. The van der Waals surface area contributed by atoms with Gasteiger partial charge in [0.15, 0.2) is 23.3 Å². The fourth-order valence-electron chi connectivity index (χ4n) is 4.23. The van der Waals surface area contributed by atoms with Crippen molar-refractivity contribution >= 4 is 34.8 Å². The number of amides is 2. The van der Waals surface area contributed by atoms with Crippen LogP contribution in [-0.2, 0) is 9.59 Å². The molecule has 1 heterocycles. The Morgan fingerprint density at radius 2 is 1.88 bits per heavy atom. The van der Waals surface area contributed by atoms with E-state index in [2.05, 4.69) is 10.3 Å². The molecule has 0 aromatic heterocycles. The van der Waals surface area contributed by atoms with Gasteiger partial charge in [-0.25, -0.2) is 0 Å². The molecule has 2 amide bonds. The first-order chi connectivity index (χ1) is 15.8. The average molecular weight is 474 g/mol. The number of aliphatic imine (C=N–C) groups is 1. The first-order valence-corrected chi connectivity index (χ1v) is 12.6. The smallest absolute Gasteiger partial charge is 0.264 e. The molecule has 180 valence electrons. The van der Waals surface area contributed by atoms with Gasteiger partial charge in [-0.3, -0.25) is 14.6 Å². The van der Waals surface area contributed by atoms with E-state index in [9.17, 15) is 9.59 Å². The van der Waals surface area contributed by atoms with Gasteiger partial charge >= 0.3 is 0 Å². The number of thioether (sulfide) groups is 1. The number of nitrogens with zero attached hydrogens (tertiary/aromatic N) is 2. The number of carbonyl (C=O) groups excluding carboxylic acids is 2. The summed E-state index contributed by atoms with van der Waals surface area (Å²) in [6.07, 6.45) is 6.42. The van der Waals surface area contributed by atoms with Crippen LogP contribution in [0.3, 0.4) is 0 Å². The van der Waals surface area contributed by atoms with Crippen LogP contribution in [0.2, 0.25) is 0 Å². The second kappa shape index (κ2) is 11.6. The van der Waals surface area contributed by atoms with E-state index in [1.54, 1.807) is 11.0 Å². The quantitative estimate of drug-likeness (QED) is 0.530. The van der Waals surface area contributed by atoms with Gasteiger partial charge in [-0.15, -0.1) is 0 Å². The summed E-state index contributed by atoms with van der Waals surface area (Å²) >= 11 is 1.37. The fraction of sp³-hybridized carbons (Fsp3) is 0.560. The second-order valence-electron chi connectivity index (χ2n) is 8.85. The molecule has 0 radical (unpaired) electrons. The van der Waals surface area contributed by atoms with Crippen LogP contribution in [0.1, 0.15) is 65.9 Å². The Morgan fingerprint density at radius 1 is 1.18 bits per heavy atom. The number of rotatable bonds is 9. The molecule has 0 unspecified atom stereocenters. The fourth-order valence-corrected chi connectivity index (χ4v) is 5.12. The molecule has 3 rings (SSSR count). The zero-order valence-electron chi connectivity index (χ0n) is 20.2. The van der Waals surface area contributed by atoms with Gasteiger partial charge in [0.1, 0.15) is 0 Å². The number of hydrogen-bond acceptors (Lipinski definition) is 6. The van der Waals surface area contributed by atoms with Crippen LogP contribution in [0.25, 0.3) is 6.08 Å². The van der Waals surface area contributed by atoms with Gasteiger partial charge < -0.3 is 19.7 Å². The van der Waals surface area contributed by atoms with Gasteiger partial charge in [0, 0.05) is 12.1 Å². The van der Waals surface area contributed by atoms with Gasteiger partial charge in [-0.05, 0) is 83.0 Å². The van der Waals surface area contributed by atoms with Gasteiger partial charge in [0.2, 0.25) is 0 Å². The third kappa shape index (κ3) is 6.76. The molecular formula is C25H35N3O4S. The maximum absolute atomic E-state index is 12.6. The third-order valence-corrected chi connectivity index (χ3v) is 6.52. The lowest BCUT2D eigenvalue weighted by atomic mass is 10.2. The van der Waals surface area contributed by atoms with Crippen molar-refractivity contribution in [2.24, 2.45) is 4.99 Å². The average Bonchev–Trinajstić information content (AvgIpc) is 3.37. The summed E-state index contributed by atoms with van der Waals surface area (Å²) in [4.78, 5) is 32.2. The van der Waals surface area contributed by atoms with E-state index in [1.807, 2.05) is 52.8 Å². The van der Waals surface area contributed by atoms with Gasteiger partial charge in [-0.2, -0.15) is 0 Å². The first-order valence-electron chi connectivity index (χ1n) is 11.8. The third-order valence-electron chi connectivity index (χ3n) is 5.59. The van der Waals surface area contributed by atoms with Gasteiger partial charge in [-0.1, -0.05) is 18.9 Å². The Hall–Kier alpha value is -2.48. The van der Waals surface area contributed by atoms with Crippen molar-refractivity contribution in [3.63, 3.8) is 0 Å². The van der Waals surface area contributed by atoms with Crippen molar-refractivity contribution in [3.8, 4) is 11.5 Å². The lowest BCUT2D eigenvalue weighted by Gasteiger charge is -2.30. The number of benzene rings is 1. The normalized spacial score (nSPS) is 19.1. The molecule has 2 aliphatic rings. The minimum Gasteiger partial charge on any atom is -0.490 e. The molecule has 1 aliphatic carbocycles. The van der Waals surface area contributed by atoms with E-state index in [1.165, 1.54) is 24.6 Å². The molecule has 1 saturated heterocycles. The second-order valence-corrected chi connectivity index (χ2v) is 9.88. The van der Waals surface area contributed by atoms with Crippen LogP contribution in [0.15, 0.2) is 28.1 Å². The van der Waals surface area contributed by atoms with E-state index >= 15 is 0 Å². The standard InChI is InChI=1S/C25H35N3O4S/c1-6-31-21-13-18(11-12-20(21)32-15-23(29)28(16(2)3)17(4)5)14-22-24(30)27-25(33-22)26-19-9-7-8-10-19/h11-14,16-17,19H,6-10,15H2,1-5H3,(H,26,27,30)/b22-14+. The molecule has 1 aromatic rings. The van der Waals surface area contributed by atoms with Crippen molar-refractivity contribution in [2.75, 3.05) is 13.2 Å². The minimum atomic E-state index is -0.136. The van der Waals surface area contributed by atoms with Crippen LogP contribution in [0.4, 0.5) is 0 Å². The molecule has 33 heavy (non-hydrogen) atoms. The molecule has 7 nitrogen and oxygen atoms in total. The molecule has 1 N–H and O–H groups in total. The van der Waals surface area contributed by atoms with Gasteiger partial charge in [0.05, 0.1) is 17.6 Å². The Morgan fingerprint density at radius 3 is 2.52 bits per heavy atom. The van der Waals surface area contributed by atoms with Crippen LogP contribution in [-0.4, -0.2) is 53.2 Å². The number of ether oxygens (including phenoxy) is 2. The van der Waals surface area contributed by atoms with E-state index in [-0.39, 0.29) is 30.5 Å². The highest BCUT2D eigenvalue weighted by Crippen LogP contribution is 2.33. The first kappa shape index (κ1) is 25.1. The number of carbonyl (C=O) groups is 2. The minimum absolute atomic E-state index is 0.0594. The van der Waals surface area contributed by atoms with Crippen molar-refractivity contribution in [1.82, 2.24) is 10.2 Å². The van der Waals surface area contributed by atoms with Crippen molar-refractivity contribution < 1.29 is 19.1 Å². The zero-order chi connectivity index (χ0) is 24.0. The molecule has 1 aromatic carbocycles. The Labute approximate surface area is 201 Å². The highest BCUT2D eigenvalue weighted by Gasteiger charge is 2.26.